The zero-order chi connectivity index (χ0) is 15.4. The van der Waals surface area contributed by atoms with E-state index in [1.807, 2.05) is 0 Å². The lowest BCUT2D eigenvalue weighted by molar-refractivity contribution is -0.294. The van der Waals surface area contributed by atoms with Crippen molar-refractivity contribution in [3.05, 3.63) is 0 Å². The van der Waals surface area contributed by atoms with Crippen LogP contribution in [0.5, 0.6) is 0 Å². The molecule has 1 rings (SSSR count). The second-order valence-corrected chi connectivity index (χ2v) is 5.25. The summed E-state index contributed by atoms with van der Waals surface area (Å²) >= 11 is 0. The van der Waals surface area contributed by atoms with Gasteiger partial charge in [-0.2, -0.15) is 0 Å². The molecule has 7 nitrogen and oxygen atoms in total. The largest absolute Gasteiger partial charge is 0.466 e. The molecule has 0 amide bonds. The first-order valence-corrected chi connectivity index (χ1v) is 6.80. The zero-order valence-corrected chi connectivity index (χ0v) is 11.9. The Balaban J connectivity index is 2.71. The van der Waals surface area contributed by atoms with Crippen molar-refractivity contribution in [1.82, 2.24) is 0 Å². The van der Waals surface area contributed by atoms with Crippen molar-refractivity contribution in [2.24, 2.45) is 0 Å². The van der Waals surface area contributed by atoms with Gasteiger partial charge in [-0.1, -0.05) is 0 Å². The molecule has 0 saturated carbocycles. The second kappa shape index (κ2) is 6.82. The normalized spacial score (nSPS) is 37.7. The molecule has 0 aliphatic carbocycles. The molecular weight excluding hydrogens is 268 g/mol. The van der Waals surface area contributed by atoms with E-state index >= 15 is 0 Å². The average molecular weight is 292 g/mol. The van der Waals surface area contributed by atoms with Crippen LogP contribution in [0.4, 0.5) is 0 Å². The third-order valence-electron chi connectivity index (χ3n) is 3.92. The van der Waals surface area contributed by atoms with Gasteiger partial charge in [-0.3, -0.25) is 4.79 Å². The van der Waals surface area contributed by atoms with Crippen molar-refractivity contribution >= 4 is 5.97 Å². The first-order valence-electron chi connectivity index (χ1n) is 6.80. The monoisotopic (exact) mass is 292 g/mol. The van der Waals surface area contributed by atoms with Crippen LogP contribution in [0.15, 0.2) is 0 Å². The van der Waals surface area contributed by atoms with Crippen molar-refractivity contribution in [1.29, 1.82) is 0 Å². The fourth-order valence-electron chi connectivity index (χ4n) is 2.48. The number of ether oxygens (including phenoxy) is 2. The summed E-state index contributed by atoms with van der Waals surface area (Å²) in [6, 6.07) is 0. The summed E-state index contributed by atoms with van der Waals surface area (Å²) in [5.41, 5.74) is -3.65. The van der Waals surface area contributed by atoms with Crippen LogP contribution in [-0.2, 0) is 14.3 Å². The maximum atomic E-state index is 11.3. The van der Waals surface area contributed by atoms with Gasteiger partial charge in [0.2, 0.25) is 0 Å². The summed E-state index contributed by atoms with van der Waals surface area (Å²) in [5.74, 6) is -0.395. The number of rotatable bonds is 6. The van der Waals surface area contributed by atoms with Gasteiger partial charge in [-0.25, -0.2) is 0 Å². The Morgan fingerprint density at radius 1 is 1.45 bits per heavy atom. The van der Waals surface area contributed by atoms with Gasteiger partial charge >= 0.3 is 5.97 Å². The average Bonchev–Trinajstić information content (AvgIpc) is 2.37. The molecule has 0 bridgehead atoms. The molecule has 0 unspecified atom stereocenters. The van der Waals surface area contributed by atoms with Gasteiger partial charge in [-0.05, 0) is 26.7 Å². The van der Waals surface area contributed by atoms with E-state index in [1.165, 1.54) is 6.92 Å². The first kappa shape index (κ1) is 17.3. The maximum absolute atomic E-state index is 11.3. The Morgan fingerprint density at radius 3 is 2.65 bits per heavy atom. The molecule has 0 radical (unpaired) electrons. The van der Waals surface area contributed by atoms with Gasteiger partial charge in [0, 0.05) is 6.42 Å². The highest BCUT2D eigenvalue weighted by Gasteiger charge is 2.58. The molecular formula is C13H24O7. The predicted octanol–water partition coefficient (Wildman–Crippen LogP) is -1.05. The van der Waals surface area contributed by atoms with Crippen LogP contribution >= 0.6 is 0 Å². The molecule has 4 N–H and O–H groups in total. The lowest BCUT2D eigenvalue weighted by atomic mass is 9.71. The molecule has 0 aromatic heterocycles. The fourth-order valence-corrected chi connectivity index (χ4v) is 2.48. The second-order valence-electron chi connectivity index (χ2n) is 5.25. The number of esters is 1. The van der Waals surface area contributed by atoms with Crippen molar-refractivity contribution in [3.8, 4) is 0 Å². The SMILES string of the molecule is CCOC(=O)CCC[C@@]1(O)[C@@H](CO)OC[C@H](O)[C@@]1(C)O. The molecule has 20 heavy (non-hydrogen) atoms. The summed E-state index contributed by atoms with van der Waals surface area (Å²) in [7, 11) is 0. The quantitative estimate of drug-likeness (QED) is 0.462. The third-order valence-corrected chi connectivity index (χ3v) is 3.92. The molecule has 1 heterocycles. The van der Waals surface area contributed by atoms with Gasteiger partial charge in [0.25, 0.3) is 0 Å². The highest BCUT2D eigenvalue weighted by atomic mass is 16.5. The van der Waals surface area contributed by atoms with E-state index in [1.54, 1.807) is 6.92 Å². The smallest absolute Gasteiger partial charge is 0.305 e. The summed E-state index contributed by atoms with van der Waals surface area (Å²) in [4.78, 5) is 11.3. The molecule has 0 aromatic rings. The van der Waals surface area contributed by atoms with Crippen molar-refractivity contribution in [2.45, 2.75) is 56.5 Å². The molecule has 118 valence electrons. The minimum absolute atomic E-state index is 0.00109. The van der Waals surface area contributed by atoms with Crippen LogP contribution in [0.1, 0.15) is 33.1 Å². The molecule has 1 fully saturated rings. The van der Waals surface area contributed by atoms with E-state index in [0.717, 1.165) is 0 Å². The molecule has 7 heteroatoms. The van der Waals surface area contributed by atoms with E-state index in [0.29, 0.717) is 0 Å². The van der Waals surface area contributed by atoms with Crippen molar-refractivity contribution in [3.63, 3.8) is 0 Å². The van der Waals surface area contributed by atoms with Gasteiger partial charge in [0.1, 0.15) is 23.4 Å². The molecule has 1 saturated heterocycles. The standard InChI is InChI=1S/C13H24O7/c1-3-19-11(16)5-4-6-13(18)10(7-14)20-8-9(15)12(13,2)17/h9-10,14-15,17-18H,3-8H2,1-2H3/t9-,10+,12+,13+/m0/s1. The Kier molecular flexibility index (Phi) is 5.91. The van der Waals surface area contributed by atoms with Crippen LogP contribution in [-0.4, -0.2) is 69.6 Å². The highest BCUT2D eigenvalue weighted by Crippen LogP contribution is 2.38. The van der Waals surface area contributed by atoms with Crippen LogP contribution in [0, 0.1) is 0 Å². The summed E-state index contributed by atoms with van der Waals surface area (Å²) < 4.78 is 9.95. The number of aliphatic hydroxyl groups excluding tert-OH is 2. The maximum Gasteiger partial charge on any atom is 0.305 e. The summed E-state index contributed by atoms with van der Waals surface area (Å²) in [6.07, 6.45) is -1.94. The Labute approximate surface area is 118 Å². The topological polar surface area (TPSA) is 116 Å². The number of hydrogen-bond acceptors (Lipinski definition) is 7. The Bertz CT molecular complexity index is 331. The van der Waals surface area contributed by atoms with Gasteiger partial charge in [0.15, 0.2) is 0 Å². The number of carbonyl (C=O) groups excluding carboxylic acids is 1. The Hall–Kier alpha value is -0.730. The van der Waals surface area contributed by atoms with E-state index in [9.17, 15) is 25.2 Å². The van der Waals surface area contributed by atoms with E-state index in [2.05, 4.69) is 0 Å². The molecule has 4 atom stereocenters. The van der Waals surface area contributed by atoms with E-state index in [4.69, 9.17) is 9.47 Å². The number of aliphatic hydroxyl groups is 4. The lowest BCUT2D eigenvalue weighted by Crippen LogP contribution is -2.70. The third kappa shape index (κ3) is 3.29. The van der Waals surface area contributed by atoms with E-state index < -0.39 is 36.0 Å². The van der Waals surface area contributed by atoms with E-state index in [-0.39, 0.29) is 32.5 Å². The minimum atomic E-state index is -1.83. The highest BCUT2D eigenvalue weighted by molar-refractivity contribution is 5.69. The minimum Gasteiger partial charge on any atom is -0.466 e. The fraction of sp³-hybridized carbons (Fsp3) is 0.923. The number of hydrogen-bond donors (Lipinski definition) is 4. The predicted molar refractivity (Wildman–Crippen MR) is 68.9 cm³/mol. The van der Waals surface area contributed by atoms with Gasteiger partial charge in [-0.15, -0.1) is 0 Å². The van der Waals surface area contributed by atoms with Gasteiger partial charge < -0.3 is 29.9 Å². The molecule has 1 aliphatic rings. The van der Waals surface area contributed by atoms with Crippen LogP contribution in [0.2, 0.25) is 0 Å². The summed E-state index contributed by atoms with van der Waals surface area (Å²) in [6.45, 7) is 2.62. The molecule has 0 spiro atoms. The van der Waals surface area contributed by atoms with Crippen LogP contribution < -0.4 is 0 Å². The van der Waals surface area contributed by atoms with Gasteiger partial charge in [0.05, 0.1) is 19.8 Å². The molecule has 0 aromatic carbocycles. The summed E-state index contributed by atoms with van der Waals surface area (Å²) in [5, 5.41) is 40.0. The molecule has 1 aliphatic heterocycles. The Morgan fingerprint density at radius 2 is 2.10 bits per heavy atom. The number of carbonyl (C=O) groups is 1. The van der Waals surface area contributed by atoms with Crippen LogP contribution in [0.25, 0.3) is 0 Å². The lowest BCUT2D eigenvalue weighted by Gasteiger charge is -2.51. The van der Waals surface area contributed by atoms with Crippen LogP contribution in [0.3, 0.4) is 0 Å². The van der Waals surface area contributed by atoms with Crippen molar-refractivity contribution < 1.29 is 34.7 Å². The zero-order valence-electron chi connectivity index (χ0n) is 11.9. The van der Waals surface area contributed by atoms with Crippen molar-refractivity contribution in [2.75, 3.05) is 19.8 Å². The first-order chi connectivity index (χ1) is 9.29.